The van der Waals surface area contributed by atoms with Gasteiger partial charge in [-0.15, -0.1) is 0 Å². The molecular weight excluding hydrogens is 284 g/mol. The van der Waals surface area contributed by atoms with Crippen LogP contribution in [0.2, 0.25) is 5.02 Å². The second-order valence-corrected chi connectivity index (χ2v) is 6.25. The van der Waals surface area contributed by atoms with Gasteiger partial charge in [0.05, 0.1) is 10.6 Å². The maximum Gasteiger partial charge on any atom is 0.261 e. The number of hydrogen-bond acceptors (Lipinski definition) is 3. The van der Waals surface area contributed by atoms with Gasteiger partial charge in [-0.2, -0.15) is 0 Å². The van der Waals surface area contributed by atoms with Gasteiger partial charge in [0, 0.05) is 10.7 Å². The molecule has 0 atom stereocenters. The fourth-order valence-electron chi connectivity index (χ4n) is 1.53. The fraction of sp³-hybridized carbons (Fsp3) is 0.0769. The first-order valence-corrected chi connectivity index (χ1v) is 7.39. The molecule has 0 heterocycles. The third kappa shape index (κ3) is 3.19. The molecule has 0 spiro atoms. The van der Waals surface area contributed by atoms with Gasteiger partial charge in [-0.3, -0.25) is 4.72 Å². The lowest BCUT2D eigenvalue weighted by Gasteiger charge is -2.09. The second-order valence-electron chi connectivity index (χ2n) is 4.13. The van der Waals surface area contributed by atoms with Crippen LogP contribution in [0.25, 0.3) is 0 Å². The number of sulfonamides is 1. The van der Waals surface area contributed by atoms with Crippen LogP contribution in [-0.2, 0) is 10.0 Å². The zero-order valence-corrected chi connectivity index (χ0v) is 11.8. The van der Waals surface area contributed by atoms with Gasteiger partial charge in [-0.05, 0) is 48.9 Å². The lowest BCUT2D eigenvalue weighted by atomic mass is 10.2. The number of nitrogen functional groups attached to an aromatic ring is 1. The summed E-state index contributed by atoms with van der Waals surface area (Å²) in [6, 6.07) is 11.0. The van der Waals surface area contributed by atoms with Crippen molar-refractivity contribution in [3.63, 3.8) is 0 Å². The quantitative estimate of drug-likeness (QED) is 0.855. The maximum absolute atomic E-state index is 12.1. The van der Waals surface area contributed by atoms with E-state index in [9.17, 15) is 8.42 Å². The van der Waals surface area contributed by atoms with Crippen molar-refractivity contribution < 1.29 is 8.42 Å². The first kappa shape index (κ1) is 13.7. The number of hydrogen-bond donors (Lipinski definition) is 2. The van der Waals surface area contributed by atoms with Gasteiger partial charge in [0.1, 0.15) is 0 Å². The van der Waals surface area contributed by atoms with Gasteiger partial charge in [0.15, 0.2) is 0 Å². The number of halogens is 1. The number of nitrogens with one attached hydrogen (secondary N) is 1. The third-order valence-electron chi connectivity index (χ3n) is 2.66. The van der Waals surface area contributed by atoms with E-state index in [4.69, 9.17) is 17.3 Å². The average molecular weight is 297 g/mol. The summed E-state index contributed by atoms with van der Waals surface area (Å²) in [7, 11) is -3.62. The van der Waals surface area contributed by atoms with Crippen molar-refractivity contribution in [2.45, 2.75) is 11.8 Å². The Bertz CT molecular complexity index is 697. The summed E-state index contributed by atoms with van der Waals surface area (Å²) in [5, 5.41) is 0.485. The van der Waals surface area contributed by atoms with Crippen LogP contribution in [0.15, 0.2) is 47.4 Å². The molecule has 3 N–H and O–H groups in total. The average Bonchev–Trinajstić information content (AvgIpc) is 2.34. The van der Waals surface area contributed by atoms with Crippen LogP contribution in [0.1, 0.15) is 5.56 Å². The highest BCUT2D eigenvalue weighted by Gasteiger charge is 2.14. The van der Waals surface area contributed by atoms with Crippen LogP contribution in [0, 0.1) is 6.92 Å². The molecular formula is C13H13ClN2O2S. The SMILES string of the molecule is Cc1ccc(NS(=O)(=O)c2ccc(Cl)cc2)cc1N. The minimum absolute atomic E-state index is 0.149. The molecule has 2 aromatic rings. The minimum Gasteiger partial charge on any atom is -0.398 e. The number of benzene rings is 2. The van der Waals surface area contributed by atoms with E-state index in [-0.39, 0.29) is 4.90 Å². The molecule has 0 unspecified atom stereocenters. The summed E-state index contributed by atoms with van der Waals surface area (Å²) in [5.41, 5.74) is 7.61. The molecule has 0 fully saturated rings. The van der Waals surface area contributed by atoms with Crippen molar-refractivity contribution in [3.8, 4) is 0 Å². The summed E-state index contributed by atoms with van der Waals surface area (Å²) in [5.74, 6) is 0. The Balaban J connectivity index is 2.30. The minimum atomic E-state index is -3.62. The highest BCUT2D eigenvalue weighted by molar-refractivity contribution is 7.92. The first-order chi connectivity index (χ1) is 8.88. The monoisotopic (exact) mass is 296 g/mol. The zero-order chi connectivity index (χ0) is 14.0. The molecule has 0 amide bonds. The predicted octanol–water partition coefficient (Wildman–Crippen LogP) is 3.03. The zero-order valence-electron chi connectivity index (χ0n) is 10.2. The number of rotatable bonds is 3. The first-order valence-electron chi connectivity index (χ1n) is 5.53. The van der Waals surface area contributed by atoms with Crippen LogP contribution in [0.3, 0.4) is 0 Å². The normalized spacial score (nSPS) is 11.3. The molecule has 2 rings (SSSR count). The Hall–Kier alpha value is -1.72. The Morgan fingerprint density at radius 1 is 1.11 bits per heavy atom. The maximum atomic E-state index is 12.1. The second kappa shape index (κ2) is 5.11. The van der Waals surface area contributed by atoms with Crippen LogP contribution >= 0.6 is 11.6 Å². The van der Waals surface area contributed by atoms with E-state index in [0.717, 1.165) is 5.56 Å². The van der Waals surface area contributed by atoms with Gasteiger partial charge in [-0.1, -0.05) is 17.7 Å². The van der Waals surface area contributed by atoms with Gasteiger partial charge in [0.25, 0.3) is 10.0 Å². The molecule has 0 radical (unpaired) electrons. The lowest BCUT2D eigenvalue weighted by Crippen LogP contribution is -2.13. The molecule has 19 heavy (non-hydrogen) atoms. The number of nitrogens with two attached hydrogens (primary N) is 1. The van der Waals surface area contributed by atoms with E-state index < -0.39 is 10.0 Å². The number of aryl methyl sites for hydroxylation is 1. The Morgan fingerprint density at radius 3 is 2.32 bits per heavy atom. The van der Waals surface area contributed by atoms with Gasteiger partial charge < -0.3 is 5.73 Å². The number of anilines is 2. The molecule has 0 aliphatic rings. The molecule has 2 aromatic carbocycles. The highest BCUT2D eigenvalue weighted by atomic mass is 35.5. The molecule has 0 bridgehead atoms. The summed E-state index contributed by atoms with van der Waals surface area (Å²) in [4.78, 5) is 0.149. The van der Waals surface area contributed by atoms with Crippen molar-refractivity contribution in [3.05, 3.63) is 53.1 Å². The van der Waals surface area contributed by atoms with Crippen molar-refractivity contribution in [1.82, 2.24) is 0 Å². The highest BCUT2D eigenvalue weighted by Crippen LogP contribution is 2.21. The van der Waals surface area contributed by atoms with E-state index in [0.29, 0.717) is 16.4 Å². The molecule has 0 aliphatic carbocycles. The summed E-state index contributed by atoms with van der Waals surface area (Å²) in [6.07, 6.45) is 0. The largest absolute Gasteiger partial charge is 0.398 e. The van der Waals surface area contributed by atoms with Crippen LogP contribution < -0.4 is 10.5 Å². The summed E-state index contributed by atoms with van der Waals surface area (Å²) < 4.78 is 26.7. The molecule has 0 saturated heterocycles. The lowest BCUT2D eigenvalue weighted by molar-refractivity contribution is 0.601. The Morgan fingerprint density at radius 2 is 1.74 bits per heavy atom. The smallest absolute Gasteiger partial charge is 0.261 e. The molecule has 0 aliphatic heterocycles. The predicted molar refractivity (Wildman–Crippen MR) is 77.9 cm³/mol. The van der Waals surface area contributed by atoms with Crippen molar-refractivity contribution >= 4 is 33.0 Å². The van der Waals surface area contributed by atoms with Crippen molar-refractivity contribution in [2.75, 3.05) is 10.5 Å². The van der Waals surface area contributed by atoms with Gasteiger partial charge >= 0.3 is 0 Å². The summed E-state index contributed by atoms with van der Waals surface area (Å²) >= 11 is 5.73. The van der Waals surface area contributed by atoms with E-state index in [1.807, 2.05) is 6.92 Å². The topological polar surface area (TPSA) is 72.2 Å². The van der Waals surface area contributed by atoms with E-state index in [1.165, 1.54) is 24.3 Å². The molecule has 0 aromatic heterocycles. The fourth-order valence-corrected chi connectivity index (χ4v) is 2.71. The molecule has 4 nitrogen and oxygen atoms in total. The van der Waals surface area contributed by atoms with Gasteiger partial charge in [-0.25, -0.2) is 8.42 Å². The van der Waals surface area contributed by atoms with Gasteiger partial charge in [0.2, 0.25) is 0 Å². The molecule has 0 saturated carbocycles. The Kier molecular flexibility index (Phi) is 3.68. The standard InChI is InChI=1S/C13H13ClN2O2S/c1-9-2-5-11(8-13(9)15)16-19(17,18)12-6-3-10(14)4-7-12/h2-8,16H,15H2,1H3. The van der Waals surface area contributed by atoms with E-state index in [1.54, 1.807) is 18.2 Å². The third-order valence-corrected chi connectivity index (χ3v) is 4.30. The van der Waals surface area contributed by atoms with Crippen LogP contribution in [0.5, 0.6) is 0 Å². The van der Waals surface area contributed by atoms with Crippen LogP contribution in [-0.4, -0.2) is 8.42 Å². The van der Waals surface area contributed by atoms with Crippen molar-refractivity contribution in [2.24, 2.45) is 0 Å². The van der Waals surface area contributed by atoms with Crippen molar-refractivity contribution in [1.29, 1.82) is 0 Å². The van der Waals surface area contributed by atoms with E-state index in [2.05, 4.69) is 4.72 Å². The van der Waals surface area contributed by atoms with E-state index >= 15 is 0 Å². The molecule has 100 valence electrons. The van der Waals surface area contributed by atoms with Crippen LogP contribution in [0.4, 0.5) is 11.4 Å². The molecule has 6 heteroatoms. The Labute approximate surface area is 117 Å². The summed E-state index contributed by atoms with van der Waals surface area (Å²) in [6.45, 7) is 1.85.